The number of nitrogens with zero attached hydrogens (tertiary/aromatic N) is 3. The van der Waals surface area contributed by atoms with E-state index in [0.29, 0.717) is 0 Å². The zero-order chi connectivity index (χ0) is 14.9. The molecule has 0 bridgehead atoms. The highest BCUT2D eigenvalue weighted by atomic mass is 32.2. The van der Waals surface area contributed by atoms with E-state index in [-0.39, 0.29) is 10.6 Å². The summed E-state index contributed by atoms with van der Waals surface area (Å²) in [5, 5.41) is 16.4. The molecule has 2 rings (SSSR count). The maximum Gasteiger partial charge on any atom is 0.162 e. The van der Waals surface area contributed by atoms with Crippen LogP contribution in [0.5, 0.6) is 0 Å². The molecule has 0 radical (unpaired) electrons. The van der Waals surface area contributed by atoms with Gasteiger partial charge in [-0.1, -0.05) is 13.8 Å². The van der Waals surface area contributed by atoms with Gasteiger partial charge in [-0.3, -0.25) is 5.41 Å². The lowest BCUT2D eigenvalue weighted by atomic mass is 10.1. The Morgan fingerprint density at radius 2 is 2.00 bits per heavy atom. The van der Waals surface area contributed by atoms with Gasteiger partial charge in [-0.15, -0.1) is 5.10 Å². The molecule has 2 heterocycles. The summed E-state index contributed by atoms with van der Waals surface area (Å²) >= 11 is 1.99. The number of thioether (sulfide) groups is 1. The maximum absolute atomic E-state index is 7.84. The maximum atomic E-state index is 7.84. The first-order valence-electron chi connectivity index (χ1n) is 6.89. The third-order valence-electron chi connectivity index (χ3n) is 3.84. The molecule has 0 aliphatic carbocycles. The van der Waals surface area contributed by atoms with Gasteiger partial charge in [0.25, 0.3) is 0 Å². The van der Waals surface area contributed by atoms with E-state index in [1.807, 2.05) is 25.6 Å². The third-order valence-corrected chi connectivity index (χ3v) is 5.21. The first-order valence-corrected chi connectivity index (χ1v) is 7.87. The highest BCUT2D eigenvalue weighted by molar-refractivity contribution is 8.00. The van der Waals surface area contributed by atoms with Crippen molar-refractivity contribution >= 4 is 23.4 Å². The lowest BCUT2D eigenvalue weighted by molar-refractivity contribution is 0.632. The number of nitrogens with two attached hydrogens (primary N) is 1. The predicted octanol–water partition coefficient (Wildman–Crippen LogP) is 2.10. The van der Waals surface area contributed by atoms with Crippen LogP contribution in [0, 0.1) is 19.3 Å². The van der Waals surface area contributed by atoms with E-state index in [0.717, 1.165) is 47.9 Å². The van der Waals surface area contributed by atoms with Crippen molar-refractivity contribution in [3.63, 3.8) is 0 Å². The number of anilines is 1. The monoisotopic (exact) mass is 293 g/mol. The first-order chi connectivity index (χ1) is 9.32. The van der Waals surface area contributed by atoms with Gasteiger partial charge >= 0.3 is 0 Å². The molecular formula is C14H23N5S. The van der Waals surface area contributed by atoms with Gasteiger partial charge in [0.05, 0.1) is 11.3 Å². The van der Waals surface area contributed by atoms with Crippen LogP contribution in [0.15, 0.2) is 0 Å². The highest BCUT2D eigenvalue weighted by Crippen LogP contribution is 2.33. The van der Waals surface area contributed by atoms with Gasteiger partial charge in [-0.25, -0.2) is 0 Å². The minimum Gasteiger partial charge on any atom is -0.384 e. The van der Waals surface area contributed by atoms with Crippen LogP contribution in [-0.4, -0.2) is 39.6 Å². The largest absolute Gasteiger partial charge is 0.384 e. The zero-order valence-corrected chi connectivity index (χ0v) is 13.5. The Hall–Kier alpha value is -1.30. The molecule has 1 aromatic heterocycles. The third kappa shape index (κ3) is 3.06. The molecule has 0 amide bonds. The SMILES string of the molecule is Cc1nnc(N2CCSC(C)(C)CC2)c(C(=N)N)c1C. The van der Waals surface area contributed by atoms with Crippen molar-refractivity contribution in [2.75, 3.05) is 23.7 Å². The van der Waals surface area contributed by atoms with Crippen LogP contribution in [0.2, 0.25) is 0 Å². The van der Waals surface area contributed by atoms with Crippen LogP contribution in [0.4, 0.5) is 5.82 Å². The van der Waals surface area contributed by atoms with E-state index in [2.05, 4.69) is 28.9 Å². The minimum absolute atomic E-state index is 0.0756. The summed E-state index contributed by atoms with van der Waals surface area (Å²) in [6.07, 6.45) is 1.09. The van der Waals surface area contributed by atoms with E-state index in [4.69, 9.17) is 11.1 Å². The van der Waals surface area contributed by atoms with Crippen molar-refractivity contribution in [3.05, 3.63) is 16.8 Å². The fourth-order valence-electron chi connectivity index (χ4n) is 2.37. The standard InChI is InChI=1S/C14H23N5S/c1-9-10(2)17-18-13(11(9)12(15)16)19-6-5-14(3,4)20-8-7-19/h5-8H2,1-4H3,(H3,15,16). The van der Waals surface area contributed by atoms with Crippen LogP contribution in [0.25, 0.3) is 0 Å². The normalized spacial score (nSPS) is 18.7. The lowest BCUT2D eigenvalue weighted by Crippen LogP contribution is -2.31. The fraction of sp³-hybridized carbons (Fsp3) is 0.643. The van der Waals surface area contributed by atoms with Crippen LogP contribution in [0.3, 0.4) is 0 Å². The van der Waals surface area contributed by atoms with Crippen LogP contribution in [-0.2, 0) is 0 Å². The van der Waals surface area contributed by atoms with E-state index >= 15 is 0 Å². The number of nitrogen functional groups attached to an aromatic ring is 1. The molecule has 0 aromatic carbocycles. The Labute approximate surface area is 124 Å². The molecule has 0 unspecified atom stereocenters. The molecule has 1 fully saturated rings. The smallest absolute Gasteiger partial charge is 0.162 e. The van der Waals surface area contributed by atoms with Crippen molar-refractivity contribution in [1.29, 1.82) is 5.41 Å². The van der Waals surface area contributed by atoms with E-state index in [9.17, 15) is 0 Å². The van der Waals surface area contributed by atoms with Gasteiger partial charge in [-0.05, 0) is 25.8 Å². The summed E-state index contributed by atoms with van der Waals surface area (Å²) < 4.78 is 0.290. The Morgan fingerprint density at radius 3 is 2.65 bits per heavy atom. The van der Waals surface area contributed by atoms with E-state index < -0.39 is 0 Å². The van der Waals surface area contributed by atoms with Crippen molar-refractivity contribution < 1.29 is 0 Å². The number of aryl methyl sites for hydroxylation is 1. The van der Waals surface area contributed by atoms with Crippen molar-refractivity contribution in [2.45, 2.75) is 38.9 Å². The van der Waals surface area contributed by atoms with Gasteiger partial charge < -0.3 is 10.6 Å². The molecule has 20 heavy (non-hydrogen) atoms. The van der Waals surface area contributed by atoms with Crippen molar-refractivity contribution in [3.8, 4) is 0 Å². The van der Waals surface area contributed by atoms with Gasteiger partial charge in [-0.2, -0.15) is 16.9 Å². The number of rotatable bonds is 2. The number of nitrogens with one attached hydrogen (secondary N) is 1. The van der Waals surface area contributed by atoms with Gasteiger partial charge in [0, 0.05) is 23.6 Å². The summed E-state index contributed by atoms with van der Waals surface area (Å²) in [7, 11) is 0. The second-order valence-electron chi connectivity index (χ2n) is 5.87. The van der Waals surface area contributed by atoms with Crippen LogP contribution >= 0.6 is 11.8 Å². The quantitative estimate of drug-likeness (QED) is 0.645. The second kappa shape index (κ2) is 5.60. The van der Waals surface area contributed by atoms with E-state index in [1.54, 1.807) is 0 Å². The number of amidine groups is 1. The molecule has 6 heteroatoms. The Balaban J connectivity index is 2.38. The average molecular weight is 293 g/mol. The molecule has 1 aromatic rings. The average Bonchev–Trinajstić information content (AvgIpc) is 2.53. The highest BCUT2D eigenvalue weighted by Gasteiger charge is 2.26. The van der Waals surface area contributed by atoms with E-state index in [1.165, 1.54) is 0 Å². The number of hydrogen-bond acceptors (Lipinski definition) is 5. The Morgan fingerprint density at radius 1 is 1.30 bits per heavy atom. The Bertz CT molecular complexity index is 527. The summed E-state index contributed by atoms with van der Waals surface area (Å²) in [4.78, 5) is 2.22. The van der Waals surface area contributed by atoms with Crippen molar-refractivity contribution in [1.82, 2.24) is 10.2 Å². The van der Waals surface area contributed by atoms with Crippen molar-refractivity contribution in [2.24, 2.45) is 5.73 Å². The topological polar surface area (TPSA) is 78.9 Å². The van der Waals surface area contributed by atoms with Crippen LogP contribution < -0.4 is 10.6 Å². The molecule has 110 valence electrons. The second-order valence-corrected chi connectivity index (χ2v) is 7.67. The lowest BCUT2D eigenvalue weighted by Gasteiger charge is -2.25. The minimum atomic E-state index is 0.0756. The molecule has 1 saturated heterocycles. The van der Waals surface area contributed by atoms with Gasteiger partial charge in [0.2, 0.25) is 0 Å². The molecule has 1 aliphatic rings. The van der Waals surface area contributed by atoms with Gasteiger partial charge in [0.15, 0.2) is 5.82 Å². The first kappa shape index (κ1) is 15.1. The summed E-state index contributed by atoms with van der Waals surface area (Å²) in [5.41, 5.74) is 8.30. The molecule has 0 atom stereocenters. The molecule has 1 aliphatic heterocycles. The molecule has 0 spiro atoms. The summed E-state index contributed by atoms with van der Waals surface area (Å²) in [5.74, 6) is 1.89. The molecule has 5 nitrogen and oxygen atoms in total. The summed E-state index contributed by atoms with van der Waals surface area (Å²) in [6, 6.07) is 0. The molecule has 3 N–H and O–H groups in total. The molecular weight excluding hydrogens is 270 g/mol. The Kier molecular flexibility index (Phi) is 4.22. The zero-order valence-electron chi connectivity index (χ0n) is 12.7. The summed E-state index contributed by atoms with van der Waals surface area (Å²) in [6.45, 7) is 10.3. The predicted molar refractivity (Wildman–Crippen MR) is 85.9 cm³/mol. The van der Waals surface area contributed by atoms with Crippen LogP contribution in [0.1, 0.15) is 37.1 Å². The number of hydrogen-bond donors (Lipinski definition) is 2. The number of aromatic nitrogens is 2. The van der Waals surface area contributed by atoms with Gasteiger partial charge in [0.1, 0.15) is 5.84 Å². The molecule has 0 saturated carbocycles. The fourth-order valence-corrected chi connectivity index (χ4v) is 3.47.